The third-order valence-corrected chi connectivity index (χ3v) is 4.65. The van der Waals surface area contributed by atoms with E-state index in [1.54, 1.807) is 0 Å². The number of aliphatic hydroxyl groups excluding tert-OH is 1. The van der Waals surface area contributed by atoms with Crippen LogP contribution < -0.4 is 0 Å². The first-order valence-corrected chi connectivity index (χ1v) is 6.05. The largest absolute Gasteiger partial charge is 0.392 e. The standard InChI is InChI=1S/C10H16O2S/c11-7-5-9(12)10(6-7)13-8-3-1-2-4-8/h8-10,12H,1-6H2/t9-,10+/m1/s1. The maximum atomic E-state index is 11.1. The van der Waals surface area contributed by atoms with Crippen LogP contribution in [0.15, 0.2) is 0 Å². The topological polar surface area (TPSA) is 37.3 Å². The summed E-state index contributed by atoms with van der Waals surface area (Å²) in [5.74, 6) is 0.239. The number of carbonyl (C=O) groups excluding carboxylic acids is 1. The first-order chi connectivity index (χ1) is 6.25. The van der Waals surface area contributed by atoms with Gasteiger partial charge >= 0.3 is 0 Å². The Morgan fingerprint density at radius 3 is 2.46 bits per heavy atom. The molecule has 0 heterocycles. The highest BCUT2D eigenvalue weighted by Crippen LogP contribution is 2.37. The summed E-state index contributed by atoms with van der Waals surface area (Å²) in [6.07, 6.45) is 5.85. The van der Waals surface area contributed by atoms with Crippen molar-refractivity contribution in [1.82, 2.24) is 0 Å². The van der Waals surface area contributed by atoms with E-state index in [9.17, 15) is 9.90 Å². The van der Waals surface area contributed by atoms with E-state index < -0.39 is 0 Å². The molecule has 0 bridgehead atoms. The molecule has 74 valence electrons. The Morgan fingerprint density at radius 2 is 1.92 bits per heavy atom. The minimum atomic E-state index is -0.363. The number of carbonyl (C=O) groups is 1. The summed E-state index contributed by atoms with van der Waals surface area (Å²) in [7, 11) is 0. The zero-order valence-electron chi connectivity index (χ0n) is 7.74. The molecule has 2 nitrogen and oxygen atoms in total. The molecule has 3 heteroatoms. The summed E-state index contributed by atoms with van der Waals surface area (Å²) in [6.45, 7) is 0. The van der Waals surface area contributed by atoms with Crippen LogP contribution in [0.2, 0.25) is 0 Å². The maximum Gasteiger partial charge on any atom is 0.136 e. The van der Waals surface area contributed by atoms with Gasteiger partial charge in [-0.3, -0.25) is 4.79 Å². The van der Waals surface area contributed by atoms with Crippen molar-refractivity contribution in [3.63, 3.8) is 0 Å². The predicted octanol–water partition coefficient (Wildman–Crippen LogP) is 1.75. The number of aliphatic hydroxyl groups is 1. The van der Waals surface area contributed by atoms with E-state index in [0.717, 1.165) is 0 Å². The number of hydrogen-bond donors (Lipinski definition) is 1. The molecule has 0 spiro atoms. The fourth-order valence-corrected chi connectivity index (χ4v) is 3.88. The van der Waals surface area contributed by atoms with E-state index in [4.69, 9.17) is 0 Å². The van der Waals surface area contributed by atoms with E-state index in [2.05, 4.69) is 0 Å². The van der Waals surface area contributed by atoms with Gasteiger partial charge in [0.05, 0.1) is 6.10 Å². The number of ketones is 1. The van der Waals surface area contributed by atoms with Gasteiger partial charge in [-0.15, -0.1) is 0 Å². The van der Waals surface area contributed by atoms with Crippen molar-refractivity contribution in [3.05, 3.63) is 0 Å². The Labute approximate surface area is 83.1 Å². The van der Waals surface area contributed by atoms with Gasteiger partial charge in [0.25, 0.3) is 0 Å². The molecule has 2 aliphatic carbocycles. The molecule has 0 aromatic carbocycles. The van der Waals surface area contributed by atoms with Crippen LogP contribution in [0.5, 0.6) is 0 Å². The van der Waals surface area contributed by atoms with Crippen LogP contribution in [0.3, 0.4) is 0 Å². The summed E-state index contributed by atoms with van der Waals surface area (Å²) in [6, 6.07) is 0. The Morgan fingerprint density at radius 1 is 1.23 bits per heavy atom. The summed E-state index contributed by atoms with van der Waals surface area (Å²) in [5, 5.41) is 10.5. The number of rotatable bonds is 2. The Kier molecular flexibility index (Phi) is 2.94. The van der Waals surface area contributed by atoms with Crippen molar-refractivity contribution in [3.8, 4) is 0 Å². The molecular formula is C10H16O2S. The van der Waals surface area contributed by atoms with Gasteiger partial charge in [0.15, 0.2) is 0 Å². The van der Waals surface area contributed by atoms with Crippen LogP contribution in [0, 0.1) is 0 Å². The second kappa shape index (κ2) is 4.01. The molecule has 13 heavy (non-hydrogen) atoms. The van der Waals surface area contributed by atoms with Crippen LogP contribution >= 0.6 is 11.8 Å². The molecule has 0 aromatic heterocycles. The van der Waals surface area contributed by atoms with Crippen LogP contribution in [-0.4, -0.2) is 27.5 Å². The fourth-order valence-electron chi connectivity index (χ4n) is 2.22. The zero-order chi connectivity index (χ0) is 9.26. The molecule has 2 atom stereocenters. The predicted molar refractivity (Wildman–Crippen MR) is 53.9 cm³/mol. The van der Waals surface area contributed by atoms with E-state index in [-0.39, 0.29) is 17.1 Å². The summed E-state index contributed by atoms with van der Waals surface area (Å²) >= 11 is 1.86. The van der Waals surface area contributed by atoms with E-state index in [1.165, 1.54) is 25.7 Å². The average Bonchev–Trinajstić information content (AvgIpc) is 2.63. The lowest BCUT2D eigenvalue weighted by Gasteiger charge is -2.17. The molecule has 2 fully saturated rings. The van der Waals surface area contributed by atoms with Gasteiger partial charge in [0.2, 0.25) is 0 Å². The molecule has 0 unspecified atom stereocenters. The highest BCUT2D eigenvalue weighted by atomic mass is 32.2. The van der Waals surface area contributed by atoms with Crippen LogP contribution in [0.1, 0.15) is 38.5 Å². The monoisotopic (exact) mass is 200 g/mol. The third kappa shape index (κ3) is 2.26. The highest BCUT2D eigenvalue weighted by molar-refractivity contribution is 8.00. The number of hydrogen-bond acceptors (Lipinski definition) is 3. The molecule has 1 N–H and O–H groups in total. The minimum Gasteiger partial charge on any atom is -0.392 e. The fraction of sp³-hybridized carbons (Fsp3) is 0.900. The van der Waals surface area contributed by atoms with Gasteiger partial charge in [-0.2, -0.15) is 11.8 Å². The van der Waals surface area contributed by atoms with Gasteiger partial charge in [0.1, 0.15) is 5.78 Å². The second-order valence-corrected chi connectivity index (χ2v) is 5.64. The summed E-state index contributed by atoms with van der Waals surface area (Å²) in [5.41, 5.74) is 0. The molecule has 2 rings (SSSR count). The maximum absolute atomic E-state index is 11.1. The summed E-state index contributed by atoms with van der Waals surface area (Å²) in [4.78, 5) is 11.1. The van der Waals surface area contributed by atoms with Gasteiger partial charge in [0, 0.05) is 23.3 Å². The molecule has 0 radical (unpaired) electrons. The van der Waals surface area contributed by atoms with Gasteiger partial charge in [-0.05, 0) is 12.8 Å². The quantitative estimate of drug-likeness (QED) is 0.738. The lowest BCUT2D eigenvalue weighted by molar-refractivity contribution is -0.117. The van der Waals surface area contributed by atoms with Gasteiger partial charge < -0.3 is 5.11 Å². The molecular weight excluding hydrogens is 184 g/mol. The highest BCUT2D eigenvalue weighted by Gasteiger charge is 2.34. The van der Waals surface area contributed by atoms with Gasteiger partial charge in [-0.25, -0.2) is 0 Å². The second-order valence-electron chi connectivity index (χ2n) is 4.10. The molecule has 0 amide bonds. The SMILES string of the molecule is O=C1C[C@@H](O)[C@@H](SC2CCCC2)C1. The lowest BCUT2D eigenvalue weighted by atomic mass is 10.3. The first kappa shape index (κ1) is 9.53. The van der Waals surface area contributed by atoms with Gasteiger partial charge in [-0.1, -0.05) is 12.8 Å². The van der Waals surface area contributed by atoms with Crippen molar-refractivity contribution in [2.24, 2.45) is 0 Å². The summed E-state index contributed by atoms with van der Waals surface area (Å²) < 4.78 is 0. The number of thioether (sulfide) groups is 1. The Bertz CT molecular complexity index is 199. The minimum absolute atomic E-state index is 0.204. The third-order valence-electron chi connectivity index (χ3n) is 2.96. The Hall–Kier alpha value is -0.0200. The van der Waals surface area contributed by atoms with E-state index >= 15 is 0 Å². The van der Waals surface area contributed by atoms with Crippen LogP contribution in [-0.2, 0) is 4.79 Å². The first-order valence-electron chi connectivity index (χ1n) is 5.11. The number of Topliss-reactive ketones (excluding diaryl/α,β-unsaturated/α-hetero) is 1. The smallest absolute Gasteiger partial charge is 0.136 e. The van der Waals surface area contributed by atoms with Crippen molar-refractivity contribution in [2.75, 3.05) is 0 Å². The van der Waals surface area contributed by atoms with Crippen LogP contribution in [0.4, 0.5) is 0 Å². The van der Waals surface area contributed by atoms with Crippen molar-refractivity contribution in [2.45, 2.75) is 55.1 Å². The average molecular weight is 200 g/mol. The molecule has 0 saturated heterocycles. The van der Waals surface area contributed by atoms with Crippen molar-refractivity contribution < 1.29 is 9.90 Å². The molecule has 2 saturated carbocycles. The van der Waals surface area contributed by atoms with Crippen molar-refractivity contribution >= 4 is 17.5 Å². The van der Waals surface area contributed by atoms with E-state index in [0.29, 0.717) is 18.1 Å². The van der Waals surface area contributed by atoms with Crippen LogP contribution in [0.25, 0.3) is 0 Å². The van der Waals surface area contributed by atoms with E-state index in [1.807, 2.05) is 11.8 Å². The molecule has 0 aromatic rings. The molecule has 0 aliphatic heterocycles. The van der Waals surface area contributed by atoms with Crippen molar-refractivity contribution in [1.29, 1.82) is 0 Å². The Balaban J connectivity index is 1.83. The normalized spacial score (nSPS) is 35.9. The molecule has 2 aliphatic rings. The lowest BCUT2D eigenvalue weighted by Crippen LogP contribution is -2.18. The zero-order valence-corrected chi connectivity index (χ0v) is 8.55.